The molecule has 2 aliphatic heterocycles. The Morgan fingerprint density at radius 3 is 1.44 bits per heavy atom. The van der Waals surface area contributed by atoms with Crippen LogP contribution in [0.3, 0.4) is 0 Å². The zero-order valence-electron chi connectivity index (χ0n) is 24.3. The van der Waals surface area contributed by atoms with E-state index < -0.39 is 12.5 Å². The van der Waals surface area contributed by atoms with Crippen LogP contribution in [0.1, 0.15) is 36.8 Å². The highest BCUT2D eigenvalue weighted by Crippen LogP contribution is 2.59. The lowest BCUT2D eigenvalue weighted by Gasteiger charge is -2.26. The third-order valence-electron chi connectivity index (χ3n) is 11.4. The van der Waals surface area contributed by atoms with Crippen molar-refractivity contribution in [1.29, 1.82) is 0 Å². The third kappa shape index (κ3) is 3.85. The van der Waals surface area contributed by atoms with Gasteiger partial charge in [-0.25, -0.2) is 0 Å². The molecule has 2 heterocycles. The van der Waals surface area contributed by atoms with E-state index in [0.717, 1.165) is 48.2 Å². The van der Waals surface area contributed by atoms with Gasteiger partial charge in [-0.1, -0.05) is 59.7 Å². The zero-order chi connectivity index (χ0) is 29.6. The quantitative estimate of drug-likeness (QED) is 0.415. The van der Waals surface area contributed by atoms with Gasteiger partial charge >= 0.3 is 0 Å². The Labute approximate surface area is 252 Å². The molecule has 4 aliphatic carbocycles. The Hall–Kier alpha value is -3.74. The molecule has 10 unspecified atom stereocenters. The van der Waals surface area contributed by atoms with E-state index in [4.69, 9.17) is 0 Å². The number of nitrogens with zero attached hydrogens (tertiary/aromatic N) is 2. The molecule has 4 bridgehead atoms. The number of carbonyl (C=O) groups excluding carboxylic acids is 2. The first-order valence-corrected chi connectivity index (χ1v) is 15.7. The lowest BCUT2D eigenvalue weighted by atomic mass is 9.80. The Bertz CT molecular complexity index is 1450. The lowest BCUT2D eigenvalue weighted by Crippen LogP contribution is -2.36. The number of hydrogen-bond donors (Lipinski definition) is 2. The van der Waals surface area contributed by atoms with Crippen molar-refractivity contribution < 1.29 is 19.8 Å². The van der Waals surface area contributed by atoms with Crippen molar-refractivity contribution in [1.82, 2.24) is 0 Å². The van der Waals surface area contributed by atoms with Gasteiger partial charge in [0, 0.05) is 23.2 Å². The molecular formula is C37H38N2O4. The Kier molecular flexibility index (Phi) is 6.18. The van der Waals surface area contributed by atoms with Crippen LogP contribution in [0, 0.1) is 47.3 Å². The van der Waals surface area contributed by atoms with Crippen LogP contribution in [0.2, 0.25) is 0 Å². The molecule has 0 aromatic heterocycles. The van der Waals surface area contributed by atoms with E-state index in [1.54, 1.807) is 9.80 Å². The molecule has 2 amide bonds. The van der Waals surface area contributed by atoms with Gasteiger partial charge in [-0.15, -0.1) is 13.2 Å². The Morgan fingerprint density at radius 1 is 0.674 bits per heavy atom. The number of aliphatic hydroxyl groups is 2. The molecule has 6 aliphatic rings. The van der Waals surface area contributed by atoms with Gasteiger partial charge in [0.05, 0.1) is 11.8 Å². The predicted octanol–water partition coefficient (Wildman–Crippen LogP) is 5.38. The minimum atomic E-state index is -0.796. The maximum atomic E-state index is 13.5. The van der Waals surface area contributed by atoms with Crippen LogP contribution in [0.4, 0.5) is 11.4 Å². The smallest absolute Gasteiger partial charge is 0.233 e. The fourth-order valence-corrected chi connectivity index (χ4v) is 9.71. The molecule has 2 saturated heterocycles. The van der Waals surface area contributed by atoms with E-state index in [-0.39, 0.29) is 59.2 Å². The van der Waals surface area contributed by atoms with E-state index in [2.05, 4.69) is 25.3 Å². The summed E-state index contributed by atoms with van der Waals surface area (Å²) in [4.78, 5) is 30.2. The first-order chi connectivity index (χ1) is 20.9. The Balaban J connectivity index is 0.942. The molecule has 43 heavy (non-hydrogen) atoms. The zero-order valence-corrected chi connectivity index (χ0v) is 24.3. The van der Waals surface area contributed by atoms with Crippen LogP contribution in [0.15, 0.2) is 97.1 Å². The summed E-state index contributed by atoms with van der Waals surface area (Å²) in [5.74, 6) is 0.678. The summed E-state index contributed by atoms with van der Waals surface area (Å²) in [5, 5.41) is 22.4. The maximum Gasteiger partial charge on any atom is 0.233 e. The fraction of sp³-hybridized carbons (Fsp3) is 0.405. The number of benzene rings is 2. The van der Waals surface area contributed by atoms with Crippen LogP contribution >= 0.6 is 0 Å². The standard InChI is InChI=1S/C37H38N2O4/c1-3-5-22-16-24-18-28(22)32-30(24)34(40)38(36(32)42)26-11-7-20(8-12-26)15-21-9-13-27(14-10-21)39-35(41)31-25-17-23(6-4-2)29(19-25)33(31)37(39)43/h3-4,7-14,16-17,24-25,28-35,40-41H,1-2,5-6,15,18-19H2. The molecule has 0 radical (unpaired) electrons. The van der Waals surface area contributed by atoms with Gasteiger partial charge in [-0.2, -0.15) is 0 Å². The highest BCUT2D eigenvalue weighted by atomic mass is 16.3. The largest absolute Gasteiger partial charge is 0.373 e. The number of amides is 2. The Morgan fingerprint density at radius 2 is 1.07 bits per heavy atom. The number of fused-ring (bicyclic) bond motifs is 10. The molecule has 220 valence electrons. The molecule has 10 atom stereocenters. The van der Waals surface area contributed by atoms with E-state index in [0.29, 0.717) is 6.42 Å². The predicted molar refractivity (Wildman–Crippen MR) is 166 cm³/mol. The monoisotopic (exact) mass is 574 g/mol. The number of rotatable bonds is 8. The first kappa shape index (κ1) is 26.9. The van der Waals surface area contributed by atoms with Crippen LogP contribution in [-0.2, 0) is 16.0 Å². The first-order valence-electron chi connectivity index (χ1n) is 15.7. The summed E-state index contributed by atoms with van der Waals surface area (Å²) in [7, 11) is 0. The topological polar surface area (TPSA) is 81.1 Å². The van der Waals surface area contributed by atoms with Gasteiger partial charge in [-0.3, -0.25) is 19.4 Å². The lowest BCUT2D eigenvalue weighted by molar-refractivity contribution is -0.122. The van der Waals surface area contributed by atoms with Gasteiger partial charge in [0.15, 0.2) is 0 Å². The van der Waals surface area contributed by atoms with Crippen LogP contribution in [-0.4, -0.2) is 34.5 Å². The number of hydrogen-bond acceptors (Lipinski definition) is 4. The summed E-state index contributed by atoms with van der Waals surface area (Å²) in [6, 6.07) is 15.8. The number of aliphatic hydroxyl groups excluding tert-OH is 2. The number of allylic oxidation sites excluding steroid dienone is 6. The third-order valence-corrected chi connectivity index (χ3v) is 11.4. The molecule has 2 saturated carbocycles. The maximum absolute atomic E-state index is 13.5. The second-order valence-electron chi connectivity index (χ2n) is 13.4. The van der Waals surface area contributed by atoms with Crippen molar-refractivity contribution >= 4 is 23.2 Å². The molecule has 2 N–H and O–H groups in total. The van der Waals surface area contributed by atoms with Crippen molar-refractivity contribution in [3.63, 3.8) is 0 Å². The summed E-state index contributed by atoms with van der Waals surface area (Å²) < 4.78 is 0. The van der Waals surface area contributed by atoms with E-state index in [1.807, 2.05) is 60.7 Å². The van der Waals surface area contributed by atoms with Crippen LogP contribution in [0.5, 0.6) is 0 Å². The van der Waals surface area contributed by atoms with Crippen molar-refractivity contribution in [2.75, 3.05) is 9.80 Å². The van der Waals surface area contributed by atoms with Crippen LogP contribution < -0.4 is 9.80 Å². The van der Waals surface area contributed by atoms with Crippen molar-refractivity contribution in [2.45, 2.75) is 44.6 Å². The molecule has 6 nitrogen and oxygen atoms in total. The van der Waals surface area contributed by atoms with Crippen LogP contribution in [0.25, 0.3) is 0 Å². The summed E-state index contributed by atoms with van der Waals surface area (Å²) in [5.41, 5.74) is 6.27. The molecule has 6 heteroatoms. The van der Waals surface area contributed by atoms with Gasteiger partial charge in [-0.05, 0) is 91.2 Å². The number of anilines is 2. The second-order valence-corrected chi connectivity index (χ2v) is 13.4. The van der Waals surface area contributed by atoms with Gasteiger partial charge < -0.3 is 10.2 Å². The SMILES string of the molecule is C=CCC1=CC2CC1C1C(=O)N(c3ccc(Cc4ccc(N5C(=O)C6C7CC(C=C7CC=C)C6C5O)cc4)cc3)C(O)C21. The van der Waals surface area contributed by atoms with Gasteiger partial charge in [0.1, 0.15) is 12.5 Å². The van der Waals surface area contributed by atoms with E-state index in [1.165, 1.54) is 11.1 Å². The highest BCUT2D eigenvalue weighted by molar-refractivity contribution is 6.00. The van der Waals surface area contributed by atoms with Crippen molar-refractivity contribution in [3.8, 4) is 0 Å². The average molecular weight is 575 g/mol. The highest BCUT2D eigenvalue weighted by Gasteiger charge is 2.62. The summed E-state index contributed by atoms with van der Waals surface area (Å²) in [6.45, 7) is 7.73. The second kappa shape index (κ2) is 9.90. The molecular weight excluding hydrogens is 536 g/mol. The van der Waals surface area contributed by atoms with Crippen molar-refractivity contribution in [3.05, 3.63) is 108 Å². The van der Waals surface area contributed by atoms with E-state index in [9.17, 15) is 19.8 Å². The number of carbonyl (C=O) groups is 2. The molecule has 2 aromatic carbocycles. The van der Waals surface area contributed by atoms with Gasteiger partial charge in [0.2, 0.25) is 11.8 Å². The van der Waals surface area contributed by atoms with E-state index >= 15 is 0 Å². The van der Waals surface area contributed by atoms with Crippen molar-refractivity contribution in [2.24, 2.45) is 47.3 Å². The molecule has 8 rings (SSSR count). The minimum Gasteiger partial charge on any atom is -0.373 e. The molecule has 4 fully saturated rings. The molecule has 0 spiro atoms. The summed E-state index contributed by atoms with van der Waals surface area (Å²) in [6.07, 6.45) is 11.0. The fourth-order valence-electron chi connectivity index (χ4n) is 9.71. The summed E-state index contributed by atoms with van der Waals surface area (Å²) >= 11 is 0. The average Bonchev–Trinajstić information content (AvgIpc) is 3.83. The normalized spacial score (nSPS) is 36.7. The van der Waals surface area contributed by atoms with Gasteiger partial charge in [0.25, 0.3) is 0 Å². The molecule has 2 aromatic rings. The minimum absolute atomic E-state index is 0.0338.